The molecule has 19 heavy (non-hydrogen) atoms. The van der Waals surface area contributed by atoms with Gasteiger partial charge in [-0.25, -0.2) is 0 Å². The first-order chi connectivity index (χ1) is 9.15. The van der Waals surface area contributed by atoms with Gasteiger partial charge in [0.05, 0.1) is 0 Å². The van der Waals surface area contributed by atoms with E-state index in [0.717, 1.165) is 29.7 Å². The lowest BCUT2D eigenvalue weighted by Crippen LogP contribution is -2.16. The van der Waals surface area contributed by atoms with Crippen LogP contribution in [0.15, 0.2) is 36.4 Å². The molecule has 0 saturated carbocycles. The standard InChI is InChI=1S/C17H18O2/c1-11-5-3-4-6-14(11)16-8-7-13-10-15(18)12(2)9-17(13)19-16/h3-6,9-10,16,18H,7-8H2,1-2H3/t16-/m1/s1. The highest BCUT2D eigenvalue weighted by atomic mass is 16.5. The Bertz CT molecular complexity index is 617. The number of phenolic OH excluding ortho intramolecular Hbond substituents is 1. The van der Waals surface area contributed by atoms with E-state index in [-0.39, 0.29) is 6.10 Å². The van der Waals surface area contributed by atoms with Crippen molar-refractivity contribution in [3.63, 3.8) is 0 Å². The molecule has 2 aromatic rings. The summed E-state index contributed by atoms with van der Waals surface area (Å²) in [5.74, 6) is 1.27. The minimum Gasteiger partial charge on any atom is -0.508 e. The maximum absolute atomic E-state index is 9.75. The van der Waals surface area contributed by atoms with Gasteiger partial charge in [0.1, 0.15) is 17.6 Å². The molecule has 1 N–H and O–H groups in total. The Morgan fingerprint density at radius 1 is 1.11 bits per heavy atom. The highest BCUT2D eigenvalue weighted by Crippen LogP contribution is 2.38. The molecule has 0 aliphatic carbocycles. The number of rotatable bonds is 1. The first kappa shape index (κ1) is 12.1. The zero-order valence-electron chi connectivity index (χ0n) is 11.3. The van der Waals surface area contributed by atoms with Crippen molar-refractivity contribution in [2.75, 3.05) is 0 Å². The second-order valence-electron chi connectivity index (χ2n) is 5.25. The first-order valence-electron chi connectivity index (χ1n) is 6.70. The van der Waals surface area contributed by atoms with Crippen molar-refractivity contribution >= 4 is 0 Å². The van der Waals surface area contributed by atoms with Crippen LogP contribution in [0.3, 0.4) is 0 Å². The van der Waals surface area contributed by atoms with Crippen LogP contribution in [0.5, 0.6) is 11.5 Å². The molecule has 1 atom stereocenters. The Kier molecular flexibility index (Phi) is 2.94. The van der Waals surface area contributed by atoms with Gasteiger partial charge in [0.25, 0.3) is 0 Å². The van der Waals surface area contributed by atoms with E-state index < -0.39 is 0 Å². The Balaban J connectivity index is 1.94. The van der Waals surface area contributed by atoms with Gasteiger partial charge < -0.3 is 9.84 Å². The fourth-order valence-electron chi connectivity index (χ4n) is 2.68. The molecule has 1 aliphatic heterocycles. The van der Waals surface area contributed by atoms with Gasteiger partial charge in [0.2, 0.25) is 0 Å². The maximum atomic E-state index is 9.75. The maximum Gasteiger partial charge on any atom is 0.124 e. The molecule has 2 aromatic carbocycles. The fourth-order valence-corrected chi connectivity index (χ4v) is 2.68. The van der Waals surface area contributed by atoms with Crippen molar-refractivity contribution < 1.29 is 9.84 Å². The normalized spacial score (nSPS) is 17.7. The van der Waals surface area contributed by atoms with E-state index in [1.165, 1.54) is 11.1 Å². The average Bonchev–Trinajstić information content (AvgIpc) is 2.40. The van der Waals surface area contributed by atoms with Crippen molar-refractivity contribution in [2.45, 2.75) is 32.8 Å². The lowest BCUT2D eigenvalue weighted by atomic mass is 9.94. The third-order valence-electron chi connectivity index (χ3n) is 3.86. The lowest BCUT2D eigenvalue weighted by molar-refractivity contribution is 0.175. The summed E-state index contributed by atoms with van der Waals surface area (Å²) in [7, 11) is 0. The van der Waals surface area contributed by atoms with Gasteiger partial charge in [-0.15, -0.1) is 0 Å². The van der Waals surface area contributed by atoms with Crippen LogP contribution in [-0.4, -0.2) is 5.11 Å². The number of hydrogen-bond acceptors (Lipinski definition) is 2. The van der Waals surface area contributed by atoms with Crippen LogP contribution in [-0.2, 0) is 6.42 Å². The summed E-state index contributed by atoms with van der Waals surface area (Å²) >= 11 is 0. The second-order valence-corrected chi connectivity index (χ2v) is 5.25. The molecule has 2 heteroatoms. The van der Waals surface area contributed by atoms with E-state index in [1.807, 2.05) is 19.1 Å². The summed E-state index contributed by atoms with van der Waals surface area (Å²) in [4.78, 5) is 0. The van der Waals surface area contributed by atoms with Crippen molar-refractivity contribution in [3.05, 3.63) is 58.7 Å². The summed E-state index contributed by atoms with van der Waals surface area (Å²) in [6.07, 6.45) is 2.03. The molecule has 0 amide bonds. The fraction of sp³-hybridized carbons (Fsp3) is 0.294. The topological polar surface area (TPSA) is 29.5 Å². The van der Waals surface area contributed by atoms with E-state index in [1.54, 1.807) is 0 Å². The van der Waals surface area contributed by atoms with E-state index in [4.69, 9.17) is 4.74 Å². The summed E-state index contributed by atoms with van der Waals surface area (Å²) in [5, 5.41) is 9.75. The number of phenols is 1. The molecule has 0 unspecified atom stereocenters. The molecule has 0 radical (unpaired) electrons. The van der Waals surface area contributed by atoms with E-state index in [0.29, 0.717) is 5.75 Å². The molecule has 0 spiro atoms. The van der Waals surface area contributed by atoms with Crippen molar-refractivity contribution in [3.8, 4) is 11.5 Å². The quantitative estimate of drug-likeness (QED) is 0.831. The van der Waals surface area contributed by atoms with Crippen molar-refractivity contribution in [1.82, 2.24) is 0 Å². The molecule has 2 nitrogen and oxygen atoms in total. The van der Waals surface area contributed by atoms with Crippen LogP contribution in [0.25, 0.3) is 0 Å². The SMILES string of the molecule is Cc1cc2c(cc1O)CC[C@H](c1ccccc1C)O2. The van der Waals surface area contributed by atoms with E-state index >= 15 is 0 Å². The van der Waals surface area contributed by atoms with Gasteiger partial charge in [-0.2, -0.15) is 0 Å². The van der Waals surface area contributed by atoms with Crippen LogP contribution in [0.2, 0.25) is 0 Å². The van der Waals surface area contributed by atoms with Gasteiger partial charge in [0.15, 0.2) is 0 Å². The van der Waals surface area contributed by atoms with Gasteiger partial charge >= 0.3 is 0 Å². The predicted molar refractivity (Wildman–Crippen MR) is 75.7 cm³/mol. The molecule has 0 saturated heterocycles. The first-order valence-corrected chi connectivity index (χ1v) is 6.70. The minimum atomic E-state index is 0.123. The Morgan fingerprint density at radius 3 is 2.68 bits per heavy atom. The van der Waals surface area contributed by atoms with E-state index in [2.05, 4.69) is 31.2 Å². The number of aryl methyl sites for hydroxylation is 3. The molecule has 0 bridgehead atoms. The van der Waals surface area contributed by atoms with Gasteiger partial charge in [-0.3, -0.25) is 0 Å². The minimum absolute atomic E-state index is 0.123. The van der Waals surface area contributed by atoms with Crippen LogP contribution >= 0.6 is 0 Å². The lowest BCUT2D eigenvalue weighted by Gasteiger charge is -2.28. The second kappa shape index (κ2) is 4.61. The zero-order chi connectivity index (χ0) is 13.4. The largest absolute Gasteiger partial charge is 0.508 e. The molecule has 0 aromatic heterocycles. The van der Waals surface area contributed by atoms with Crippen molar-refractivity contribution in [2.24, 2.45) is 0 Å². The zero-order valence-corrected chi connectivity index (χ0v) is 11.3. The predicted octanol–water partition coefficient (Wildman–Crippen LogP) is 4.08. The monoisotopic (exact) mass is 254 g/mol. The van der Waals surface area contributed by atoms with E-state index in [9.17, 15) is 5.11 Å². The number of benzene rings is 2. The third kappa shape index (κ3) is 2.19. The Labute approximate surface area is 113 Å². The number of fused-ring (bicyclic) bond motifs is 1. The molecule has 1 aliphatic rings. The van der Waals surface area contributed by atoms with Gasteiger partial charge in [-0.05, 0) is 61.1 Å². The van der Waals surface area contributed by atoms with Crippen LogP contribution in [0.1, 0.15) is 34.8 Å². The Hall–Kier alpha value is -1.96. The number of aromatic hydroxyl groups is 1. The van der Waals surface area contributed by atoms with Crippen LogP contribution in [0.4, 0.5) is 0 Å². The summed E-state index contributed by atoms with van der Waals surface area (Å²) in [5.41, 5.74) is 4.50. The molecular weight excluding hydrogens is 236 g/mol. The highest BCUT2D eigenvalue weighted by Gasteiger charge is 2.23. The smallest absolute Gasteiger partial charge is 0.124 e. The van der Waals surface area contributed by atoms with Gasteiger partial charge in [-0.1, -0.05) is 24.3 Å². The molecule has 3 rings (SSSR count). The third-order valence-corrected chi connectivity index (χ3v) is 3.86. The average molecular weight is 254 g/mol. The number of hydrogen-bond donors (Lipinski definition) is 1. The summed E-state index contributed by atoms with van der Waals surface area (Å²) < 4.78 is 6.12. The molecule has 0 fully saturated rings. The van der Waals surface area contributed by atoms with Crippen LogP contribution < -0.4 is 4.74 Å². The summed E-state index contributed by atoms with van der Waals surface area (Å²) in [6.45, 7) is 4.02. The molecule has 1 heterocycles. The summed E-state index contributed by atoms with van der Waals surface area (Å²) in [6, 6.07) is 12.1. The van der Waals surface area contributed by atoms with Crippen molar-refractivity contribution in [1.29, 1.82) is 0 Å². The Morgan fingerprint density at radius 2 is 1.89 bits per heavy atom. The molecular formula is C17H18O2. The highest BCUT2D eigenvalue weighted by molar-refractivity contribution is 5.47. The molecule has 98 valence electrons. The van der Waals surface area contributed by atoms with Crippen LogP contribution in [0, 0.1) is 13.8 Å². The number of ether oxygens (including phenoxy) is 1. The van der Waals surface area contributed by atoms with Gasteiger partial charge in [0, 0.05) is 0 Å².